The molecule has 0 radical (unpaired) electrons. The van der Waals surface area contributed by atoms with E-state index in [2.05, 4.69) is 10.3 Å². The lowest BCUT2D eigenvalue weighted by Crippen LogP contribution is -2.20. The normalized spacial score (nSPS) is 10.2. The first-order chi connectivity index (χ1) is 6.33. The van der Waals surface area contributed by atoms with E-state index in [1.165, 1.54) is 6.08 Å². The molecule has 0 aliphatic rings. The Balaban J connectivity index is 2.40. The van der Waals surface area contributed by atoms with E-state index in [-0.39, 0.29) is 5.91 Å². The van der Waals surface area contributed by atoms with Crippen LogP contribution in [0.4, 0.5) is 0 Å². The molecule has 1 heterocycles. The van der Waals surface area contributed by atoms with Crippen molar-refractivity contribution in [2.24, 2.45) is 0 Å². The maximum atomic E-state index is 11.0. The van der Waals surface area contributed by atoms with Crippen molar-refractivity contribution in [1.82, 2.24) is 10.3 Å². The summed E-state index contributed by atoms with van der Waals surface area (Å²) in [5, 5.41) is 2.73. The first-order valence-electron chi connectivity index (χ1n) is 4.12. The lowest BCUT2D eigenvalue weighted by molar-refractivity contribution is -0.116. The molecule has 0 saturated carbocycles. The summed E-state index contributed by atoms with van der Waals surface area (Å²) in [6.07, 6.45) is 6.64. The standard InChI is InChI=1S/C10H12N2O/c1-2-4-10(13)12-8-9-5-3-6-11-7-9/h2-7H,8H2,1H3,(H,12,13)/b4-2+. The summed E-state index contributed by atoms with van der Waals surface area (Å²) in [5.74, 6) is -0.0775. The Morgan fingerprint density at radius 3 is 3.15 bits per heavy atom. The van der Waals surface area contributed by atoms with Crippen molar-refractivity contribution in [3.8, 4) is 0 Å². The molecule has 1 amide bonds. The first kappa shape index (κ1) is 9.45. The number of hydrogen-bond donors (Lipinski definition) is 1. The van der Waals surface area contributed by atoms with Crippen molar-refractivity contribution >= 4 is 5.91 Å². The summed E-state index contributed by atoms with van der Waals surface area (Å²) in [5.41, 5.74) is 1.00. The zero-order valence-corrected chi connectivity index (χ0v) is 7.53. The van der Waals surface area contributed by atoms with Crippen molar-refractivity contribution in [3.05, 3.63) is 42.2 Å². The Bertz CT molecular complexity index is 293. The van der Waals surface area contributed by atoms with Crippen molar-refractivity contribution in [3.63, 3.8) is 0 Å². The minimum Gasteiger partial charge on any atom is -0.348 e. The van der Waals surface area contributed by atoms with Crippen LogP contribution < -0.4 is 5.32 Å². The highest BCUT2D eigenvalue weighted by Crippen LogP contribution is 1.93. The number of amides is 1. The zero-order valence-electron chi connectivity index (χ0n) is 7.53. The Kier molecular flexibility index (Phi) is 3.70. The van der Waals surface area contributed by atoms with Gasteiger partial charge in [0.2, 0.25) is 5.91 Å². The molecule has 1 aromatic rings. The van der Waals surface area contributed by atoms with Crippen molar-refractivity contribution in [2.45, 2.75) is 13.5 Å². The van der Waals surface area contributed by atoms with Crippen LogP contribution in [0, 0.1) is 0 Å². The monoisotopic (exact) mass is 176 g/mol. The number of carbonyl (C=O) groups is 1. The quantitative estimate of drug-likeness (QED) is 0.705. The molecule has 3 nitrogen and oxygen atoms in total. The van der Waals surface area contributed by atoms with Gasteiger partial charge in [-0.05, 0) is 24.6 Å². The molecule has 1 aromatic heterocycles. The van der Waals surface area contributed by atoms with Crippen molar-refractivity contribution in [2.75, 3.05) is 0 Å². The highest BCUT2D eigenvalue weighted by atomic mass is 16.1. The predicted molar refractivity (Wildman–Crippen MR) is 50.9 cm³/mol. The molecule has 0 spiro atoms. The molecule has 0 unspecified atom stereocenters. The van der Waals surface area contributed by atoms with Gasteiger partial charge in [-0.25, -0.2) is 0 Å². The van der Waals surface area contributed by atoms with Crippen molar-refractivity contribution < 1.29 is 4.79 Å². The number of nitrogens with zero attached hydrogens (tertiary/aromatic N) is 1. The second-order valence-electron chi connectivity index (χ2n) is 2.58. The number of aromatic nitrogens is 1. The first-order valence-corrected chi connectivity index (χ1v) is 4.12. The molecule has 1 rings (SSSR count). The topological polar surface area (TPSA) is 42.0 Å². The van der Waals surface area contributed by atoms with Gasteiger partial charge in [0.15, 0.2) is 0 Å². The fourth-order valence-corrected chi connectivity index (χ4v) is 0.902. The lowest BCUT2D eigenvalue weighted by Gasteiger charge is -2.00. The van der Waals surface area contributed by atoms with Gasteiger partial charge in [0.05, 0.1) is 0 Å². The third kappa shape index (κ3) is 3.51. The number of allylic oxidation sites excluding steroid dienone is 1. The second kappa shape index (κ2) is 5.09. The van der Waals surface area contributed by atoms with E-state index in [4.69, 9.17) is 0 Å². The Hall–Kier alpha value is -1.64. The maximum Gasteiger partial charge on any atom is 0.243 e. The summed E-state index contributed by atoms with van der Waals surface area (Å²) in [7, 11) is 0. The predicted octanol–water partition coefficient (Wildman–Crippen LogP) is 1.27. The summed E-state index contributed by atoms with van der Waals surface area (Å²) in [4.78, 5) is 14.9. The molecule has 0 aliphatic heterocycles. The molecule has 3 heteroatoms. The molecule has 0 fully saturated rings. The van der Waals surface area contributed by atoms with Gasteiger partial charge in [0.1, 0.15) is 0 Å². The molecule has 1 N–H and O–H groups in total. The number of rotatable bonds is 3. The molecular weight excluding hydrogens is 164 g/mol. The van der Waals surface area contributed by atoms with Gasteiger partial charge in [-0.1, -0.05) is 12.1 Å². The van der Waals surface area contributed by atoms with Crippen LogP contribution in [0.2, 0.25) is 0 Å². The fraction of sp³-hybridized carbons (Fsp3) is 0.200. The smallest absolute Gasteiger partial charge is 0.243 e. The summed E-state index contributed by atoms with van der Waals surface area (Å²) in [6, 6.07) is 3.76. The Morgan fingerprint density at radius 1 is 1.69 bits per heavy atom. The van der Waals surface area contributed by atoms with E-state index in [1.54, 1.807) is 18.5 Å². The molecule has 0 bridgehead atoms. The number of carbonyl (C=O) groups excluding carboxylic acids is 1. The Morgan fingerprint density at radius 2 is 2.54 bits per heavy atom. The third-order valence-corrected chi connectivity index (χ3v) is 1.51. The molecule has 0 saturated heterocycles. The average Bonchev–Trinajstić information content (AvgIpc) is 2.17. The highest BCUT2D eigenvalue weighted by molar-refractivity contribution is 5.87. The van der Waals surface area contributed by atoms with E-state index in [0.29, 0.717) is 6.54 Å². The molecule has 0 aliphatic carbocycles. The summed E-state index contributed by atoms with van der Waals surface area (Å²) >= 11 is 0. The van der Waals surface area contributed by atoms with Crippen LogP contribution in [-0.2, 0) is 11.3 Å². The average molecular weight is 176 g/mol. The summed E-state index contributed by atoms with van der Waals surface area (Å²) < 4.78 is 0. The van der Waals surface area contributed by atoms with E-state index >= 15 is 0 Å². The van der Waals surface area contributed by atoms with E-state index in [9.17, 15) is 4.79 Å². The summed E-state index contributed by atoms with van der Waals surface area (Å²) in [6.45, 7) is 2.33. The fourth-order valence-electron chi connectivity index (χ4n) is 0.902. The Labute approximate surface area is 77.5 Å². The lowest BCUT2D eigenvalue weighted by atomic mass is 10.3. The number of nitrogens with one attached hydrogen (secondary N) is 1. The minimum atomic E-state index is -0.0775. The minimum absolute atomic E-state index is 0.0775. The highest BCUT2D eigenvalue weighted by Gasteiger charge is 1.94. The van der Waals surface area contributed by atoms with Gasteiger partial charge in [-0.15, -0.1) is 0 Å². The van der Waals surface area contributed by atoms with Crippen LogP contribution in [0.5, 0.6) is 0 Å². The van der Waals surface area contributed by atoms with Crippen LogP contribution in [0.15, 0.2) is 36.7 Å². The molecular formula is C10H12N2O. The van der Waals surface area contributed by atoms with Gasteiger partial charge in [-0.3, -0.25) is 9.78 Å². The van der Waals surface area contributed by atoms with E-state index in [0.717, 1.165) is 5.56 Å². The molecule has 0 atom stereocenters. The van der Waals surface area contributed by atoms with Gasteiger partial charge in [-0.2, -0.15) is 0 Å². The van der Waals surface area contributed by atoms with Crippen LogP contribution in [-0.4, -0.2) is 10.9 Å². The number of hydrogen-bond acceptors (Lipinski definition) is 2. The van der Waals surface area contributed by atoms with Gasteiger partial charge >= 0.3 is 0 Å². The van der Waals surface area contributed by atoms with E-state index in [1.807, 2.05) is 19.1 Å². The zero-order chi connectivity index (χ0) is 9.52. The largest absolute Gasteiger partial charge is 0.348 e. The van der Waals surface area contributed by atoms with Crippen LogP contribution in [0.3, 0.4) is 0 Å². The molecule has 13 heavy (non-hydrogen) atoms. The van der Waals surface area contributed by atoms with Gasteiger partial charge in [0.25, 0.3) is 0 Å². The van der Waals surface area contributed by atoms with Gasteiger partial charge in [0, 0.05) is 18.9 Å². The van der Waals surface area contributed by atoms with Gasteiger partial charge < -0.3 is 5.32 Å². The van der Waals surface area contributed by atoms with Crippen LogP contribution in [0.1, 0.15) is 12.5 Å². The second-order valence-corrected chi connectivity index (χ2v) is 2.58. The van der Waals surface area contributed by atoms with Crippen LogP contribution >= 0.6 is 0 Å². The number of pyridine rings is 1. The SMILES string of the molecule is C/C=C/C(=O)NCc1cccnc1. The molecule has 0 aromatic carbocycles. The van der Waals surface area contributed by atoms with E-state index < -0.39 is 0 Å². The maximum absolute atomic E-state index is 11.0. The van der Waals surface area contributed by atoms with Crippen LogP contribution in [0.25, 0.3) is 0 Å². The third-order valence-electron chi connectivity index (χ3n) is 1.51. The van der Waals surface area contributed by atoms with Crippen molar-refractivity contribution in [1.29, 1.82) is 0 Å². The molecule has 68 valence electrons.